The summed E-state index contributed by atoms with van der Waals surface area (Å²) in [7, 11) is 0. The van der Waals surface area contributed by atoms with Crippen molar-refractivity contribution < 1.29 is 4.74 Å². The van der Waals surface area contributed by atoms with Gasteiger partial charge in [-0.25, -0.2) is 4.98 Å². The van der Waals surface area contributed by atoms with Crippen molar-refractivity contribution in [3.63, 3.8) is 0 Å². The van der Waals surface area contributed by atoms with Crippen molar-refractivity contribution in [1.82, 2.24) is 9.55 Å². The van der Waals surface area contributed by atoms with E-state index in [0.717, 1.165) is 43.1 Å². The van der Waals surface area contributed by atoms with Gasteiger partial charge in [0.25, 0.3) is 0 Å². The number of nitrogens with zero attached hydrogens (tertiary/aromatic N) is 2. The molecule has 3 aromatic rings. The third-order valence-electron chi connectivity index (χ3n) is 4.37. The molecule has 0 bridgehead atoms. The summed E-state index contributed by atoms with van der Waals surface area (Å²) in [5, 5.41) is 0. The fourth-order valence-corrected chi connectivity index (χ4v) is 2.84. The average molecular weight is 308 g/mol. The Balaban J connectivity index is 1.51. The van der Waals surface area contributed by atoms with Crippen molar-refractivity contribution in [2.45, 2.75) is 40.2 Å². The van der Waals surface area contributed by atoms with Crippen LogP contribution >= 0.6 is 0 Å². The molecule has 0 saturated heterocycles. The molecule has 0 saturated carbocycles. The number of fused-ring (bicyclic) bond motifs is 1. The number of hydrogen-bond donors (Lipinski definition) is 0. The van der Waals surface area contributed by atoms with Crippen molar-refractivity contribution in [2.24, 2.45) is 0 Å². The molecule has 0 radical (unpaired) electrons. The van der Waals surface area contributed by atoms with Crippen LogP contribution in [0.25, 0.3) is 11.0 Å². The first kappa shape index (κ1) is 15.6. The second-order valence-electron chi connectivity index (χ2n) is 6.10. The molecule has 23 heavy (non-hydrogen) atoms. The molecule has 3 nitrogen and oxygen atoms in total. The van der Waals surface area contributed by atoms with Gasteiger partial charge in [-0.15, -0.1) is 0 Å². The van der Waals surface area contributed by atoms with Gasteiger partial charge >= 0.3 is 0 Å². The molecule has 2 aromatic carbocycles. The van der Waals surface area contributed by atoms with Gasteiger partial charge in [0.2, 0.25) is 0 Å². The summed E-state index contributed by atoms with van der Waals surface area (Å²) >= 11 is 0. The zero-order valence-electron chi connectivity index (χ0n) is 14.2. The van der Waals surface area contributed by atoms with Crippen LogP contribution in [0.2, 0.25) is 0 Å². The van der Waals surface area contributed by atoms with E-state index >= 15 is 0 Å². The first-order chi connectivity index (χ1) is 11.1. The van der Waals surface area contributed by atoms with Crippen LogP contribution in [0, 0.1) is 20.8 Å². The lowest BCUT2D eigenvalue weighted by Crippen LogP contribution is -2.04. The van der Waals surface area contributed by atoms with Crippen LogP contribution in [0.3, 0.4) is 0 Å². The number of ether oxygens (including phenoxy) is 1. The fraction of sp³-hybridized carbons (Fsp3) is 0.350. The molecule has 0 spiro atoms. The molecule has 0 aliphatic heterocycles. The normalized spacial score (nSPS) is 11.1. The SMILES string of the molecule is Cc1ccc(OCCCCn2c(C)nc3ccccc32)cc1C. The van der Waals surface area contributed by atoms with E-state index in [-0.39, 0.29) is 0 Å². The first-order valence-corrected chi connectivity index (χ1v) is 8.27. The van der Waals surface area contributed by atoms with E-state index in [0.29, 0.717) is 0 Å². The van der Waals surface area contributed by atoms with Crippen LogP contribution < -0.4 is 4.74 Å². The lowest BCUT2D eigenvalue weighted by atomic mass is 10.1. The topological polar surface area (TPSA) is 27.1 Å². The summed E-state index contributed by atoms with van der Waals surface area (Å²) in [4.78, 5) is 4.61. The molecule has 0 fully saturated rings. The van der Waals surface area contributed by atoms with Crippen LogP contribution in [0.1, 0.15) is 29.8 Å². The third-order valence-corrected chi connectivity index (χ3v) is 4.37. The summed E-state index contributed by atoms with van der Waals surface area (Å²) in [6, 6.07) is 14.6. The van der Waals surface area contributed by atoms with Gasteiger partial charge in [0.15, 0.2) is 0 Å². The minimum absolute atomic E-state index is 0.758. The summed E-state index contributed by atoms with van der Waals surface area (Å²) in [6.07, 6.45) is 2.13. The Labute approximate surface area is 137 Å². The molecule has 0 amide bonds. The van der Waals surface area contributed by atoms with Gasteiger partial charge in [-0.1, -0.05) is 18.2 Å². The van der Waals surface area contributed by atoms with E-state index in [1.165, 1.54) is 16.6 Å². The highest BCUT2D eigenvalue weighted by molar-refractivity contribution is 5.75. The van der Waals surface area contributed by atoms with Gasteiger partial charge in [-0.3, -0.25) is 0 Å². The summed E-state index contributed by atoms with van der Waals surface area (Å²) < 4.78 is 8.15. The molecule has 3 heteroatoms. The Kier molecular flexibility index (Phi) is 4.65. The predicted octanol–water partition coefficient (Wildman–Crippen LogP) is 4.82. The van der Waals surface area contributed by atoms with E-state index in [2.05, 4.69) is 66.7 Å². The quantitative estimate of drug-likeness (QED) is 0.610. The maximum atomic E-state index is 5.85. The van der Waals surface area contributed by atoms with E-state index in [1.807, 2.05) is 6.07 Å². The van der Waals surface area contributed by atoms with Gasteiger partial charge in [-0.2, -0.15) is 0 Å². The maximum Gasteiger partial charge on any atom is 0.119 e. The Hall–Kier alpha value is -2.29. The molecule has 0 aliphatic rings. The molecule has 1 aromatic heterocycles. The molecule has 0 atom stereocenters. The zero-order valence-corrected chi connectivity index (χ0v) is 14.2. The van der Waals surface area contributed by atoms with Gasteiger partial charge in [0.1, 0.15) is 11.6 Å². The highest BCUT2D eigenvalue weighted by Gasteiger charge is 2.06. The number of unbranched alkanes of at least 4 members (excludes halogenated alkanes) is 1. The van der Waals surface area contributed by atoms with Crippen LogP contribution in [-0.4, -0.2) is 16.2 Å². The van der Waals surface area contributed by atoms with Gasteiger partial charge in [-0.05, 0) is 69.0 Å². The van der Waals surface area contributed by atoms with Crippen molar-refractivity contribution >= 4 is 11.0 Å². The van der Waals surface area contributed by atoms with Crippen molar-refractivity contribution in [1.29, 1.82) is 0 Å². The van der Waals surface area contributed by atoms with E-state index in [9.17, 15) is 0 Å². The fourth-order valence-electron chi connectivity index (χ4n) is 2.84. The van der Waals surface area contributed by atoms with Crippen molar-refractivity contribution in [2.75, 3.05) is 6.61 Å². The van der Waals surface area contributed by atoms with Gasteiger partial charge in [0.05, 0.1) is 17.6 Å². The summed E-state index contributed by atoms with van der Waals surface area (Å²) in [6.45, 7) is 8.06. The van der Waals surface area contributed by atoms with Crippen LogP contribution in [0.15, 0.2) is 42.5 Å². The zero-order chi connectivity index (χ0) is 16.2. The number of rotatable bonds is 6. The third kappa shape index (κ3) is 3.55. The number of imidazole rings is 1. The van der Waals surface area contributed by atoms with Crippen LogP contribution in [0.5, 0.6) is 5.75 Å². The highest BCUT2D eigenvalue weighted by atomic mass is 16.5. The van der Waals surface area contributed by atoms with Crippen molar-refractivity contribution in [3.8, 4) is 5.75 Å². The standard InChI is InChI=1S/C20H24N2O/c1-15-10-11-18(14-16(15)2)23-13-7-6-12-22-17(3)21-19-8-4-5-9-20(19)22/h4-5,8-11,14H,6-7,12-13H2,1-3H3. The van der Waals surface area contributed by atoms with E-state index in [1.54, 1.807) is 0 Å². The molecule has 120 valence electrons. The Morgan fingerprint density at radius 3 is 2.61 bits per heavy atom. The molecular weight excluding hydrogens is 284 g/mol. The van der Waals surface area contributed by atoms with Crippen LogP contribution in [0.4, 0.5) is 0 Å². The molecule has 0 unspecified atom stereocenters. The second kappa shape index (κ2) is 6.86. The number of benzene rings is 2. The van der Waals surface area contributed by atoms with Crippen LogP contribution in [-0.2, 0) is 6.54 Å². The Bertz CT molecular complexity index is 805. The predicted molar refractivity (Wildman–Crippen MR) is 95.1 cm³/mol. The number of para-hydroxylation sites is 2. The largest absolute Gasteiger partial charge is 0.494 e. The van der Waals surface area contributed by atoms with Gasteiger partial charge in [0, 0.05) is 6.54 Å². The minimum Gasteiger partial charge on any atom is -0.494 e. The Morgan fingerprint density at radius 2 is 1.78 bits per heavy atom. The molecular formula is C20H24N2O. The Morgan fingerprint density at radius 1 is 0.957 bits per heavy atom. The smallest absolute Gasteiger partial charge is 0.119 e. The second-order valence-corrected chi connectivity index (χ2v) is 6.10. The average Bonchev–Trinajstić information content (AvgIpc) is 2.86. The van der Waals surface area contributed by atoms with E-state index in [4.69, 9.17) is 4.74 Å². The number of aryl methyl sites for hydroxylation is 4. The minimum atomic E-state index is 0.758. The maximum absolute atomic E-state index is 5.85. The molecule has 1 heterocycles. The lowest BCUT2D eigenvalue weighted by molar-refractivity contribution is 0.303. The van der Waals surface area contributed by atoms with Gasteiger partial charge < -0.3 is 9.30 Å². The number of aromatic nitrogens is 2. The lowest BCUT2D eigenvalue weighted by Gasteiger charge is -2.09. The van der Waals surface area contributed by atoms with E-state index < -0.39 is 0 Å². The number of hydrogen-bond acceptors (Lipinski definition) is 2. The van der Waals surface area contributed by atoms with Crippen molar-refractivity contribution in [3.05, 3.63) is 59.4 Å². The highest BCUT2D eigenvalue weighted by Crippen LogP contribution is 2.18. The first-order valence-electron chi connectivity index (χ1n) is 8.27. The summed E-state index contributed by atoms with van der Waals surface area (Å²) in [5.41, 5.74) is 4.89. The monoisotopic (exact) mass is 308 g/mol. The molecule has 0 N–H and O–H groups in total. The molecule has 0 aliphatic carbocycles. The summed E-state index contributed by atoms with van der Waals surface area (Å²) in [5.74, 6) is 2.05. The molecule has 3 rings (SSSR count).